The number of anilines is 1. The molecule has 1 aliphatic rings. The minimum Gasteiger partial charge on any atom is -0.497 e. The minimum atomic E-state index is -0.0969. The zero-order valence-electron chi connectivity index (χ0n) is 18.0. The zero-order valence-corrected chi connectivity index (χ0v) is 18.0. The standard InChI is InChI=1S/C23H28N6O2/c1-3-21-25-11-16(12-26-21)14-28-10-4-5-17(15-28)22(30)20-13-27-29(23(20)24)18-6-8-19(31-2)9-7-18/h6-9,11-13,17H,3-5,10,14-15,24H2,1-2H3. The SMILES string of the molecule is CCc1ncc(CN2CCCC(C(=O)c3cnn(-c4ccc(OC)cc4)c3N)C2)cn1. The van der Waals surface area contributed by atoms with Gasteiger partial charge in [0.2, 0.25) is 0 Å². The van der Waals surface area contributed by atoms with Crippen molar-refractivity contribution in [3.8, 4) is 11.4 Å². The molecule has 1 aromatic carbocycles. The summed E-state index contributed by atoms with van der Waals surface area (Å²) in [5.41, 5.74) is 8.66. The summed E-state index contributed by atoms with van der Waals surface area (Å²) < 4.78 is 6.79. The third-order valence-corrected chi connectivity index (χ3v) is 5.75. The van der Waals surface area contributed by atoms with E-state index in [1.165, 1.54) is 0 Å². The third kappa shape index (κ3) is 4.59. The van der Waals surface area contributed by atoms with Gasteiger partial charge in [-0.2, -0.15) is 5.10 Å². The smallest absolute Gasteiger partial charge is 0.172 e. The number of carbonyl (C=O) groups is 1. The van der Waals surface area contributed by atoms with Crippen molar-refractivity contribution in [2.24, 2.45) is 5.92 Å². The van der Waals surface area contributed by atoms with Gasteiger partial charge >= 0.3 is 0 Å². The molecule has 0 radical (unpaired) electrons. The van der Waals surface area contributed by atoms with E-state index in [2.05, 4.69) is 20.0 Å². The molecule has 0 spiro atoms. The molecule has 8 heteroatoms. The number of carbonyl (C=O) groups excluding carboxylic acids is 1. The van der Waals surface area contributed by atoms with Crippen molar-refractivity contribution in [3.63, 3.8) is 0 Å². The summed E-state index contributed by atoms with van der Waals surface area (Å²) in [4.78, 5) is 24.3. The average molecular weight is 421 g/mol. The van der Waals surface area contributed by atoms with Gasteiger partial charge in [-0.1, -0.05) is 6.92 Å². The summed E-state index contributed by atoms with van der Waals surface area (Å²) in [5.74, 6) is 1.93. The van der Waals surface area contributed by atoms with Crippen LogP contribution in [0, 0.1) is 5.92 Å². The highest BCUT2D eigenvalue weighted by atomic mass is 16.5. The predicted molar refractivity (Wildman–Crippen MR) is 118 cm³/mol. The minimum absolute atomic E-state index is 0.0551. The lowest BCUT2D eigenvalue weighted by molar-refractivity contribution is 0.0812. The molecule has 0 amide bonds. The van der Waals surface area contributed by atoms with E-state index in [4.69, 9.17) is 10.5 Å². The first kappa shape index (κ1) is 21.0. The molecule has 2 N–H and O–H groups in total. The number of aromatic nitrogens is 4. The molecular weight excluding hydrogens is 392 g/mol. The molecule has 8 nitrogen and oxygen atoms in total. The Balaban J connectivity index is 1.45. The summed E-state index contributed by atoms with van der Waals surface area (Å²) >= 11 is 0. The lowest BCUT2D eigenvalue weighted by atomic mass is 9.90. The Hall–Kier alpha value is -3.26. The summed E-state index contributed by atoms with van der Waals surface area (Å²) in [6.45, 7) is 4.44. The van der Waals surface area contributed by atoms with Crippen LogP contribution >= 0.6 is 0 Å². The molecular formula is C23H28N6O2. The molecule has 0 saturated carbocycles. The van der Waals surface area contributed by atoms with Crippen LogP contribution in [-0.4, -0.2) is 50.6 Å². The Morgan fingerprint density at radius 1 is 1.19 bits per heavy atom. The number of nitrogens with two attached hydrogens (primary N) is 1. The molecule has 0 bridgehead atoms. The van der Waals surface area contributed by atoms with Crippen molar-refractivity contribution in [3.05, 3.63) is 59.8 Å². The number of likely N-dealkylation sites (tertiary alicyclic amines) is 1. The number of ether oxygens (including phenoxy) is 1. The molecule has 4 rings (SSSR count). The van der Waals surface area contributed by atoms with Gasteiger partial charge in [-0.25, -0.2) is 14.6 Å². The number of benzene rings is 1. The van der Waals surface area contributed by atoms with Crippen LogP contribution in [0.1, 0.15) is 41.5 Å². The monoisotopic (exact) mass is 420 g/mol. The Labute approximate surface area is 182 Å². The van der Waals surface area contributed by atoms with Gasteiger partial charge < -0.3 is 10.5 Å². The zero-order chi connectivity index (χ0) is 21.8. The number of methoxy groups -OCH3 is 1. The maximum Gasteiger partial charge on any atom is 0.172 e. The predicted octanol–water partition coefficient (Wildman–Crippen LogP) is 2.91. The van der Waals surface area contributed by atoms with E-state index in [0.717, 1.165) is 55.2 Å². The quantitative estimate of drug-likeness (QED) is 0.587. The van der Waals surface area contributed by atoms with Gasteiger partial charge in [-0.15, -0.1) is 0 Å². The lowest BCUT2D eigenvalue weighted by Gasteiger charge is -2.31. The van der Waals surface area contributed by atoms with Gasteiger partial charge in [0, 0.05) is 43.4 Å². The maximum atomic E-state index is 13.2. The van der Waals surface area contributed by atoms with Crippen LogP contribution in [0.2, 0.25) is 0 Å². The first-order valence-corrected chi connectivity index (χ1v) is 10.6. The van der Waals surface area contributed by atoms with Crippen molar-refractivity contribution < 1.29 is 9.53 Å². The molecule has 31 heavy (non-hydrogen) atoms. The number of nitrogen functional groups attached to an aromatic ring is 1. The highest BCUT2D eigenvalue weighted by Gasteiger charge is 2.29. The second-order valence-electron chi connectivity index (χ2n) is 7.85. The van der Waals surface area contributed by atoms with Crippen molar-refractivity contribution in [2.75, 3.05) is 25.9 Å². The Bertz CT molecular complexity index is 1030. The molecule has 1 atom stereocenters. The van der Waals surface area contributed by atoms with Crippen molar-refractivity contribution >= 4 is 11.6 Å². The first-order valence-electron chi connectivity index (χ1n) is 10.6. The number of piperidine rings is 1. The van der Waals surface area contributed by atoms with E-state index in [0.29, 0.717) is 17.9 Å². The molecule has 1 unspecified atom stereocenters. The first-order chi connectivity index (χ1) is 15.1. The van der Waals surface area contributed by atoms with E-state index >= 15 is 0 Å². The maximum absolute atomic E-state index is 13.2. The molecule has 162 valence electrons. The molecule has 3 aromatic rings. The van der Waals surface area contributed by atoms with Gasteiger partial charge in [0.15, 0.2) is 5.78 Å². The van der Waals surface area contributed by atoms with Crippen molar-refractivity contribution in [1.29, 1.82) is 0 Å². The van der Waals surface area contributed by atoms with Gasteiger partial charge in [-0.3, -0.25) is 9.69 Å². The number of hydrogen-bond donors (Lipinski definition) is 1. The second kappa shape index (κ2) is 9.26. The van der Waals surface area contributed by atoms with Gasteiger partial charge in [-0.05, 0) is 43.7 Å². The van der Waals surface area contributed by atoms with E-state index in [-0.39, 0.29) is 11.7 Å². The van der Waals surface area contributed by atoms with E-state index in [1.54, 1.807) is 18.0 Å². The summed E-state index contributed by atoms with van der Waals surface area (Å²) in [6.07, 6.45) is 8.00. The molecule has 1 saturated heterocycles. The Kier molecular flexibility index (Phi) is 6.27. The molecule has 1 aliphatic heterocycles. The second-order valence-corrected chi connectivity index (χ2v) is 7.85. The van der Waals surface area contributed by atoms with Gasteiger partial charge in [0.05, 0.1) is 24.6 Å². The number of rotatable bonds is 7. The fourth-order valence-corrected chi connectivity index (χ4v) is 4.01. The third-order valence-electron chi connectivity index (χ3n) is 5.75. The lowest BCUT2D eigenvalue weighted by Crippen LogP contribution is -2.38. The van der Waals surface area contributed by atoms with Gasteiger partial charge in [0.25, 0.3) is 0 Å². The van der Waals surface area contributed by atoms with Crippen LogP contribution in [0.25, 0.3) is 5.69 Å². The number of hydrogen-bond acceptors (Lipinski definition) is 7. The number of Topliss-reactive ketones (excluding diaryl/α,β-unsaturated/α-hetero) is 1. The van der Waals surface area contributed by atoms with Gasteiger partial charge in [0.1, 0.15) is 17.4 Å². The van der Waals surface area contributed by atoms with Crippen LogP contribution in [0.4, 0.5) is 5.82 Å². The fraction of sp³-hybridized carbons (Fsp3) is 0.391. The number of aryl methyl sites for hydroxylation is 1. The van der Waals surface area contributed by atoms with Crippen LogP contribution in [-0.2, 0) is 13.0 Å². The summed E-state index contributed by atoms with van der Waals surface area (Å²) in [5, 5.41) is 4.36. The fourth-order valence-electron chi connectivity index (χ4n) is 4.01. The van der Waals surface area contributed by atoms with Crippen LogP contribution in [0.15, 0.2) is 42.9 Å². The topological polar surface area (TPSA) is 99.2 Å². The Morgan fingerprint density at radius 2 is 1.94 bits per heavy atom. The largest absolute Gasteiger partial charge is 0.497 e. The highest BCUT2D eigenvalue weighted by molar-refractivity contribution is 6.01. The summed E-state index contributed by atoms with van der Waals surface area (Å²) in [6, 6.07) is 7.41. The van der Waals surface area contributed by atoms with Crippen LogP contribution in [0.3, 0.4) is 0 Å². The van der Waals surface area contributed by atoms with E-state index in [1.807, 2.05) is 43.6 Å². The normalized spacial score (nSPS) is 16.9. The average Bonchev–Trinajstić information content (AvgIpc) is 3.20. The molecule has 1 fully saturated rings. The highest BCUT2D eigenvalue weighted by Crippen LogP contribution is 2.26. The van der Waals surface area contributed by atoms with E-state index in [9.17, 15) is 4.79 Å². The number of nitrogens with zero attached hydrogens (tertiary/aromatic N) is 5. The van der Waals surface area contributed by atoms with E-state index < -0.39 is 0 Å². The molecule has 2 aromatic heterocycles. The molecule has 0 aliphatic carbocycles. The Morgan fingerprint density at radius 3 is 2.61 bits per heavy atom. The van der Waals surface area contributed by atoms with Crippen molar-refractivity contribution in [2.45, 2.75) is 32.7 Å². The number of ketones is 1. The van der Waals surface area contributed by atoms with Crippen LogP contribution in [0.5, 0.6) is 5.75 Å². The molecule has 3 heterocycles. The summed E-state index contributed by atoms with van der Waals surface area (Å²) in [7, 11) is 1.62. The van der Waals surface area contributed by atoms with Crippen molar-refractivity contribution in [1.82, 2.24) is 24.6 Å². The van der Waals surface area contributed by atoms with Crippen LogP contribution < -0.4 is 10.5 Å².